The molecule has 4 aromatic rings. The summed E-state index contributed by atoms with van der Waals surface area (Å²) in [4.78, 5) is 12.7. The minimum Gasteiger partial charge on any atom is -0.463 e. The number of hydrogen-bond acceptors (Lipinski definition) is 2. The Morgan fingerprint density at radius 2 is 1.81 bits per heavy atom. The van der Waals surface area contributed by atoms with E-state index in [1.807, 2.05) is 30.3 Å². The van der Waals surface area contributed by atoms with Gasteiger partial charge in [0.15, 0.2) is 5.58 Å². The number of carbonyl (C=O) groups excluding carboxylic acids is 1. The molecule has 0 saturated heterocycles. The van der Waals surface area contributed by atoms with E-state index in [-0.39, 0.29) is 18.3 Å². The van der Waals surface area contributed by atoms with Gasteiger partial charge in [0.1, 0.15) is 11.5 Å². The molecule has 0 radical (unpaired) electrons. The summed E-state index contributed by atoms with van der Waals surface area (Å²) in [5.41, 5.74) is 3.34. The summed E-state index contributed by atoms with van der Waals surface area (Å²) < 4.78 is 21.3. The number of furan rings is 1. The van der Waals surface area contributed by atoms with Crippen molar-refractivity contribution in [1.29, 1.82) is 0 Å². The molecule has 1 amide bonds. The number of halogens is 1. The highest BCUT2D eigenvalue weighted by molar-refractivity contribution is 5.97. The van der Waals surface area contributed by atoms with Crippen LogP contribution in [0.1, 0.15) is 21.6 Å². The molecule has 0 aliphatic heterocycles. The molecular weight excluding hydrogens is 331 g/mol. The third kappa shape index (κ3) is 3.11. The minimum atomic E-state index is -0.298. The average Bonchev–Trinajstić information content (AvgIpc) is 3.25. The van der Waals surface area contributed by atoms with Crippen molar-refractivity contribution in [2.24, 2.45) is 0 Å². The highest BCUT2D eigenvalue weighted by Crippen LogP contribution is 2.23. The van der Waals surface area contributed by atoms with Gasteiger partial charge in [-0.25, -0.2) is 4.39 Å². The maximum atomic E-state index is 14.1. The number of nitrogens with one attached hydrogen (secondary N) is 1. The van der Waals surface area contributed by atoms with E-state index in [0.717, 1.165) is 11.1 Å². The van der Waals surface area contributed by atoms with Crippen molar-refractivity contribution in [3.63, 3.8) is 0 Å². The molecule has 1 N–H and O–H groups in total. The number of amides is 1. The van der Waals surface area contributed by atoms with Crippen LogP contribution in [0.3, 0.4) is 0 Å². The Morgan fingerprint density at radius 1 is 1.04 bits per heavy atom. The number of nitrogens with zero attached hydrogens (tertiary/aromatic N) is 1. The van der Waals surface area contributed by atoms with E-state index >= 15 is 0 Å². The van der Waals surface area contributed by atoms with Crippen molar-refractivity contribution in [3.8, 4) is 0 Å². The second-order valence-electron chi connectivity index (χ2n) is 6.05. The van der Waals surface area contributed by atoms with E-state index in [1.54, 1.807) is 41.2 Å². The fourth-order valence-corrected chi connectivity index (χ4v) is 3.00. The standard InChI is InChI=1S/C21H17FN2O2/c22-17-9-5-4-8-16(17)14-24-18-10-11-26-20(18)12-19(24)21(25)23-13-15-6-2-1-3-7-15/h1-12H,13-14H2,(H,23,25). The smallest absolute Gasteiger partial charge is 0.268 e. The normalized spacial score (nSPS) is 11.0. The lowest BCUT2D eigenvalue weighted by molar-refractivity contribution is 0.0942. The maximum Gasteiger partial charge on any atom is 0.268 e. The highest BCUT2D eigenvalue weighted by atomic mass is 19.1. The first-order valence-electron chi connectivity index (χ1n) is 8.34. The monoisotopic (exact) mass is 348 g/mol. The quantitative estimate of drug-likeness (QED) is 0.583. The van der Waals surface area contributed by atoms with Crippen LogP contribution in [0.4, 0.5) is 4.39 Å². The van der Waals surface area contributed by atoms with Crippen molar-refractivity contribution in [2.75, 3.05) is 0 Å². The molecule has 0 aliphatic carbocycles. The molecule has 4 rings (SSSR count). The fourth-order valence-electron chi connectivity index (χ4n) is 3.00. The molecule has 0 aliphatic rings. The third-order valence-corrected chi connectivity index (χ3v) is 4.34. The molecular formula is C21H17FN2O2. The van der Waals surface area contributed by atoms with Gasteiger partial charge in [0.2, 0.25) is 0 Å². The van der Waals surface area contributed by atoms with Crippen LogP contribution in [0.2, 0.25) is 0 Å². The van der Waals surface area contributed by atoms with Gasteiger partial charge in [0, 0.05) is 24.2 Å². The van der Waals surface area contributed by atoms with Gasteiger partial charge in [0.25, 0.3) is 5.91 Å². The van der Waals surface area contributed by atoms with Crippen LogP contribution in [0.15, 0.2) is 77.4 Å². The van der Waals surface area contributed by atoms with Crippen LogP contribution in [0.5, 0.6) is 0 Å². The third-order valence-electron chi connectivity index (χ3n) is 4.34. The summed E-state index contributed by atoms with van der Waals surface area (Å²) in [5, 5.41) is 2.91. The Kier molecular flexibility index (Phi) is 4.27. The molecule has 0 bridgehead atoms. The molecule has 0 unspecified atom stereocenters. The number of hydrogen-bond donors (Lipinski definition) is 1. The number of carbonyl (C=O) groups is 1. The zero-order valence-electron chi connectivity index (χ0n) is 14.0. The summed E-state index contributed by atoms with van der Waals surface area (Å²) in [7, 11) is 0. The highest BCUT2D eigenvalue weighted by Gasteiger charge is 2.18. The summed E-state index contributed by atoms with van der Waals surface area (Å²) in [6, 6.07) is 19.7. The average molecular weight is 348 g/mol. The lowest BCUT2D eigenvalue weighted by atomic mass is 10.2. The fraction of sp³-hybridized carbons (Fsp3) is 0.0952. The van der Waals surface area contributed by atoms with Gasteiger partial charge in [-0.1, -0.05) is 48.5 Å². The molecule has 2 aromatic carbocycles. The summed E-state index contributed by atoms with van der Waals surface area (Å²) in [6.07, 6.45) is 1.56. The molecule has 0 fully saturated rings. The van der Waals surface area contributed by atoms with E-state index in [0.29, 0.717) is 23.4 Å². The van der Waals surface area contributed by atoms with Gasteiger partial charge in [-0.15, -0.1) is 0 Å². The van der Waals surface area contributed by atoms with Crippen molar-refractivity contribution >= 4 is 17.0 Å². The molecule has 0 spiro atoms. The van der Waals surface area contributed by atoms with Crippen LogP contribution in [-0.4, -0.2) is 10.5 Å². The summed E-state index contributed by atoms with van der Waals surface area (Å²) in [6.45, 7) is 0.676. The largest absolute Gasteiger partial charge is 0.463 e. The van der Waals surface area contributed by atoms with Crippen molar-refractivity contribution in [3.05, 3.63) is 95.6 Å². The van der Waals surface area contributed by atoms with Gasteiger partial charge in [-0.05, 0) is 11.6 Å². The lowest BCUT2D eigenvalue weighted by Crippen LogP contribution is -2.25. The Labute approximate surface area is 149 Å². The second-order valence-corrected chi connectivity index (χ2v) is 6.05. The second kappa shape index (κ2) is 6.88. The van der Waals surface area contributed by atoms with E-state index in [4.69, 9.17) is 4.42 Å². The first-order chi connectivity index (χ1) is 12.7. The first-order valence-corrected chi connectivity index (χ1v) is 8.34. The maximum absolute atomic E-state index is 14.1. The van der Waals surface area contributed by atoms with E-state index in [1.165, 1.54) is 6.07 Å². The SMILES string of the molecule is O=C(NCc1ccccc1)c1cc2occc2n1Cc1ccccc1F. The van der Waals surface area contributed by atoms with Gasteiger partial charge in [-0.3, -0.25) is 4.79 Å². The Balaban J connectivity index is 1.63. The molecule has 0 atom stereocenters. The number of aromatic nitrogens is 1. The van der Waals surface area contributed by atoms with Crippen molar-refractivity contribution < 1.29 is 13.6 Å². The van der Waals surface area contributed by atoms with Gasteiger partial charge < -0.3 is 14.3 Å². The van der Waals surface area contributed by atoms with E-state index < -0.39 is 0 Å². The zero-order chi connectivity index (χ0) is 17.9. The molecule has 0 saturated carbocycles. The minimum absolute atomic E-state index is 0.225. The topological polar surface area (TPSA) is 47.2 Å². The van der Waals surface area contributed by atoms with E-state index in [2.05, 4.69) is 5.32 Å². The Bertz CT molecular complexity index is 1050. The summed E-state index contributed by atoms with van der Waals surface area (Å²) in [5.74, 6) is -0.523. The Hall–Kier alpha value is -3.34. The molecule has 4 nitrogen and oxygen atoms in total. The molecule has 130 valence electrons. The van der Waals surface area contributed by atoms with Crippen molar-refractivity contribution in [1.82, 2.24) is 9.88 Å². The number of fused-ring (bicyclic) bond motifs is 1. The van der Waals surface area contributed by atoms with Crippen LogP contribution >= 0.6 is 0 Å². The zero-order valence-corrected chi connectivity index (χ0v) is 14.0. The van der Waals surface area contributed by atoms with Gasteiger partial charge in [0.05, 0.1) is 18.3 Å². The van der Waals surface area contributed by atoms with Gasteiger partial charge >= 0.3 is 0 Å². The first kappa shape index (κ1) is 16.1. The molecule has 5 heteroatoms. The van der Waals surface area contributed by atoms with Crippen LogP contribution in [0.25, 0.3) is 11.1 Å². The Morgan fingerprint density at radius 3 is 2.62 bits per heavy atom. The van der Waals surface area contributed by atoms with E-state index in [9.17, 15) is 9.18 Å². The van der Waals surface area contributed by atoms with Gasteiger partial charge in [-0.2, -0.15) is 0 Å². The number of rotatable bonds is 5. The summed E-state index contributed by atoms with van der Waals surface area (Å²) >= 11 is 0. The predicted molar refractivity (Wildman–Crippen MR) is 97.3 cm³/mol. The lowest BCUT2D eigenvalue weighted by Gasteiger charge is -2.11. The van der Waals surface area contributed by atoms with Crippen LogP contribution < -0.4 is 5.32 Å². The van der Waals surface area contributed by atoms with Crippen LogP contribution in [0, 0.1) is 5.82 Å². The number of benzene rings is 2. The van der Waals surface area contributed by atoms with Crippen LogP contribution in [-0.2, 0) is 13.1 Å². The molecule has 2 heterocycles. The molecule has 26 heavy (non-hydrogen) atoms. The molecule has 2 aromatic heterocycles. The predicted octanol–water partition coefficient (Wildman–Crippen LogP) is 4.35. The van der Waals surface area contributed by atoms with Crippen molar-refractivity contribution in [2.45, 2.75) is 13.1 Å².